The Bertz CT molecular complexity index is 674. The smallest absolute Gasteiger partial charge is 0.285 e. The number of aryl methyl sites for hydroxylation is 1. The van der Waals surface area contributed by atoms with Crippen molar-refractivity contribution in [3.8, 4) is 5.75 Å². The van der Waals surface area contributed by atoms with Crippen LogP contribution in [0.25, 0.3) is 0 Å². The molecular formula is C15H15BrN2O3. The van der Waals surface area contributed by atoms with Crippen LogP contribution in [0.4, 0.5) is 11.4 Å². The molecule has 0 fully saturated rings. The monoisotopic (exact) mass is 350 g/mol. The van der Waals surface area contributed by atoms with Crippen molar-refractivity contribution in [2.24, 2.45) is 0 Å². The maximum atomic E-state index is 10.9. The lowest BCUT2D eigenvalue weighted by atomic mass is 10.1. The number of hydrogen-bond donors (Lipinski definition) is 1. The molecule has 0 aromatic heterocycles. The molecule has 0 saturated heterocycles. The zero-order valence-corrected chi connectivity index (χ0v) is 13.3. The van der Waals surface area contributed by atoms with Gasteiger partial charge in [-0.1, -0.05) is 12.1 Å². The number of anilines is 1. The van der Waals surface area contributed by atoms with Gasteiger partial charge in [0.15, 0.2) is 0 Å². The van der Waals surface area contributed by atoms with Gasteiger partial charge < -0.3 is 10.1 Å². The van der Waals surface area contributed by atoms with Crippen molar-refractivity contribution in [2.75, 3.05) is 12.4 Å². The third-order valence-electron chi connectivity index (χ3n) is 3.10. The summed E-state index contributed by atoms with van der Waals surface area (Å²) in [6, 6.07) is 10.9. The van der Waals surface area contributed by atoms with Crippen LogP contribution in [-0.2, 0) is 6.54 Å². The summed E-state index contributed by atoms with van der Waals surface area (Å²) in [6.07, 6.45) is 0. The van der Waals surface area contributed by atoms with Gasteiger partial charge in [0.25, 0.3) is 5.69 Å². The first-order valence-corrected chi connectivity index (χ1v) is 7.12. The number of rotatable bonds is 5. The predicted octanol–water partition coefficient (Wildman–Crippen LogP) is 4.29. The first kappa shape index (κ1) is 15.3. The van der Waals surface area contributed by atoms with Gasteiger partial charge in [0.05, 0.1) is 16.5 Å². The molecule has 0 aliphatic carbocycles. The lowest BCUT2D eigenvalue weighted by molar-refractivity contribution is -0.385. The summed E-state index contributed by atoms with van der Waals surface area (Å²) in [4.78, 5) is 10.5. The summed E-state index contributed by atoms with van der Waals surface area (Å²) < 4.78 is 5.69. The van der Waals surface area contributed by atoms with Gasteiger partial charge in [0.1, 0.15) is 5.75 Å². The van der Waals surface area contributed by atoms with Crippen LogP contribution in [0.5, 0.6) is 5.75 Å². The number of nitrogens with one attached hydrogen (secondary N) is 1. The van der Waals surface area contributed by atoms with Gasteiger partial charge in [-0.2, -0.15) is 0 Å². The number of nitro groups is 1. The van der Waals surface area contributed by atoms with Gasteiger partial charge in [-0.05, 0) is 52.2 Å². The Balaban J connectivity index is 2.11. The second kappa shape index (κ2) is 6.58. The summed E-state index contributed by atoms with van der Waals surface area (Å²) in [7, 11) is 1.64. The van der Waals surface area contributed by atoms with Gasteiger partial charge >= 0.3 is 0 Å². The summed E-state index contributed by atoms with van der Waals surface area (Å²) in [5.74, 6) is 0.845. The minimum Gasteiger partial charge on any atom is -0.496 e. The summed E-state index contributed by atoms with van der Waals surface area (Å²) >= 11 is 3.17. The van der Waals surface area contributed by atoms with Crippen LogP contribution >= 0.6 is 15.9 Å². The second-order valence-corrected chi connectivity index (χ2v) is 5.44. The van der Waals surface area contributed by atoms with Crippen LogP contribution in [0.1, 0.15) is 11.1 Å². The van der Waals surface area contributed by atoms with E-state index in [1.807, 2.05) is 25.1 Å². The largest absolute Gasteiger partial charge is 0.496 e. The summed E-state index contributed by atoms with van der Waals surface area (Å²) in [5, 5.41) is 14.1. The molecule has 1 N–H and O–H groups in total. The van der Waals surface area contributed by atoms with E-state index in [1.54, 1.807) is 19.2 Å². The second-order valence-electron chi connectivity index (χ2n) is 4.58. The highest BCUT2D eigenvalue weighted by molar-refractivity contribution is 9.10. The van der Waals surface area contributed by atoms with E-state index in [0.29, 0.717) is 16.7 Å². The molecule has 0 saturated carbocycles. The van der Waals surface area contributed by atoms with E-state index in [0.717, 1.165) is 16.9 Å². The molecule has 0 atom stereocenters. The number of ether oxygens (including phenoxy) is 1. The van der Waals surface area contributed by atoms with Crippen LogP contribution in [0.3, 0.4) is 0 Å². The van der Waals surface area contributed by atoms with E-state index in [1.165, 1.54) is 6.07 Å². The number of methoxy groups -OCH3 is 1. The Kier molecular flexibility index (Phi) is 4.80. The predicted molar refractivity (Wildman–Crippen MR) is 85.9 cm³/mol. The van der Waals surface area contributed by atoms with E-state index in [9.17, 15) is 10.1 Å². The molecule has 0 bridgehead atoms. The van der Waals surface area contributed by atoms with Gasteiger partial charge in [0, 0.05) is 18.3 Å². The fraction of sp³-hybridized carbons (Fsp3) is 0.200. The van der Waals surface area contributed by atoms with Crippen LogP contribution in [0.2, 0.25) is 0 Å². The van der Waals surface area contributed by atoms with E-state index in [-0.39, 0.29) is 5.69 Å². The Morgan fingerprint density at radius 2 is 2.05 bits per heavy atom. The number of benzene rings is 2. The molecule has 0 aliphatic heterocycles. The third kappa shape index (κ3) is 3.72. The SMILES string of the molecule is COc1ccc(CNc2ccc(Br)c([N+](=O)[O-])c2)cc1C. The Morgan fingerprint density at radius 3 is 2.67 bits per heavy atom. The maximum absolute atomic E-state index is 10.9. The molecule has 21 heavy (non-hydrogen) atoms. The molecule has 5 nitrogen and oxygen atoms in total. The molecular weight excluding hydrogens is 336 g/mol. The number of halogens is 1. The van der Waals surface area contributed by atoms with E-state index in [2.05, 4.69) is 21.2 Å². The lowest BCUT2D eigenvalue weighted by Crippen LogP contribution is -2.01. The maximum Gasteiger partial charge on any atom is 0.285 e. The zero-order valence-electron chi connectivity index (χ0n) is 11.7. The average Bonchev–Trinajstić information content (AvgIpc) is 2.46. The molecule has 2 aromatic rings. The minimum absolute atomic E-state index is 0.0471. The Labute approximate surface area is 131 Å². The molecule has 0 amide bonds. The Hall–Kier alpha value is -2.08. The Morgan fingerprint density at radius 1 is 1.29 bits per heavy atom. The number of nitro benzene ring substituents is 1. The van der Waals surface area contributed by atoms with E-state index >= 15 is 0 Å². The van der Waals surface area contributed by atoms with Crippen molar-refractivity contribution in [2.45, 2.75) is 13.5 Å². The summed E-state index contributed by atoms with van der Waals surface area (Å²) in [6.45, 7) is 2.57. The van der Waals surface area contributed by atoms with Crippen molar-refractivity contribution >= 4 is 27.3 Å². The summed E-state index contributed by atoms with van der Waals surface area (Å²) in [5.41, 5.74) is 2.89. The fourth-order valence-electron chi connectivity index (χ4n) is 2.02. The first-order chi connectivity index (χ1) is 10.0. The van der Waals surface area contributed by atoms with Crippen LogP contribution in [0, 0.1) is 17.0 Å². The van der Waals surface area contributed by atoms with E-state index in [4.69, 9.17) is 4.74 Å². The average molecular weight is 351 g/mol. The highest BCUT2D eigenvalue weighted by atomic mass is 79.9. The molecule has 0 unspecified atom stereocenters. The van der Waals surface area contributed by atoms with Crippen LogP contribution in [-0.4, -0.2) is 12.0 Å². The topological polar surface area (TPSA) is 64.4 Å². The van der Waals surface area contributed by atoms with Crippen LogP contribution in [0.15, 0.2) is 40.9 Å². The molecule has 0 radical (unpaired) electrons. The van der Waals surface area contributed by atoms with Crippen molar-refractivity contribution < 1.29 is 9.66 Å². The van der Waals surface area contributed by atoms with Gasteiger partial charge in [-0.3, -0.25) is 10.1 Å². The van der Waals surface area contributed by atoms with Crippen LogP contribution < -0.4 is 10.1 Å². The van der Waals surface area contributed by atoms with E-state index < -0.39 is 4.92 Å². The van der Waals surface area contributed by atoms with Crippen molar-refractivity contribution in [1.82, 2.24) is 0 Å². The molecule has 110 valence electrons. The molecule has 6 heteroatoms. The quantitative estimate of drug-likeness (QED) is 0.645. The number of nitrogens with zero attached hydrogens (tertiary/aromatic N) is 1. The highest BCUT2D eigenvalue weighted by Gasteiger charge is 2.12. The number of hydrogen-bond acceptors (Lipinski definition) is 4. The fourth-order valence-corrected chi connectivity index (χ4v) is 2.41. The standard InChI is InChI=1S/C15H15BrN2O3/c1-10-7-11(3-6-15(10)21-2)9-17-12-4-5-13(16)14(8-12)18(19)20/h3-8,17H,9H2,1-2H3. The molecule has 0 spiro atoms. The molecule has 2 aromatic carbocycles. The zero-order chi connectivity index (χ0) is 15.4. The van der Waals surface area contributed by atoms with Crippen molar-refractivity contribution in [3.63, 3.8) is 0 Å². The van der Waals surface area contributed by atoms with Gasteiger partial charge in [-0.15, -0.1) is 0 Å². The highest BCUT2D eigenvalue weighted by Crippen LogP contribution is 2.28. The molecule has 0 heterocycles. The van der Waals surface area contributed by atoms with Gasteiger partial charge in [-0.25, -0.2) is 0 Å². The van der Waals surface area contributed by atoms with Crippen molar-refractivity contribution in [3.05, 3.63) is 62.1 Å². The third-order valence-corrected chi connectivity index (χ3v) is 3.77. The normalized spacial score (nSPS) is 10.2. The van der Waals surface area contributed by atoms with Gasteiger partial charge in [0.2, 0.25) is 0 Å². The first-order valence-electron chi connectivity index (χ1n) is 6.32. The molecule has 2 rings (SSSR count). The minimum atomic E-state index is -0.410. The lowest BCUT2D eigenvalue weighted by Gasteiger charge is -2.10. The van der Waals surface area contributed by atoms with Crippen molar-refractivity contribution in [1.29, 1.82) is 0 Å². The molecule has 0 aliphatic rings.